The second kappa shape index (κ2) is 11.0. The molecule has 0 saturated carbocycles. The number of methoxy groups -OCH3 is 1. The number of fused-ring (bicyclic) bond motifs is 1. The Morgan fingerprint density at radius 1 is 1.43 bits per heavy atom. The summed E-state index contributed by atoms with van der Waals surface area (Å²) in [6.07, 6.45) is 1.27. The molecule has 2 aromatic heterocycles. The van der Waals surface area contributed by atoms with Crippen molar-refractivity contribution in [2.24, 2.45) is 5.11 Å². The van der Waals surface area contributed by atoms with Crippen molar-refractivity contribution in [3.05, 3.63) is 20.2 Å². The normalized spacial score (nSPS) is 20.6. The molecule has 35 heavy (non-hydrogen) atoms. The molecular weight excluding hydrogens is 585 g/mol. The largest absolute Gasteiger partial charge is 0.480 e. The number of aromatic nitrogens is 3. The first-order chi connectivity index (χ1) is 16.4. The summed E-state index contributed by atoms with van der Waals surface area (Å²) < 4.78 is 26.9. The number of nitrogens with one attached hydrogen (secondary N) is 1. The number of halogens is 1. The monoisotopic (exact) mass is 617 g/mol. The van der Waals surface area contributed by atoms with Gasteiger partial charge in [0.05, 0.1) is 25.2 Å². The van der Waals surface area contributed by atoms with Gasteiger partial charge in [0.2, 0.25) is 17.7 Å². The topological polar surface area (TPSA) is 145 Å². The molecule has 2 aromatic rings. The van der Waals surface area contributed by atoms with Crippen molar-refractivity contribution in [3.8, 4) is 5.88 Å². The predicted molar refractivity (Wildman–Crippen MR) is 142 cm³/mol. The molecule has 1 aliphatic heterocycles. The second-order valence-electron chi connectivity index (χ2n) is 9.82. The Labute approximate surface area is 219 Å². The Morgan fingerprint density at radius 2 is 2.14 bits per heavy atom. The lowest BCUT2D eigenvalue weighted by Crippen LogP contribution is -2.44. The van der Waals surface area contributed by atoms with Gasteiger partial charge in [-0.2, -0.15) is 9.97 Å². The number of carbonyl (C=O) groups excluding carboxylic acids is 1. The van der Waals surface area contributed by atoms with Gasteiger partial charge >= 0.3 is 0 Å². The van der Waals surface area contributed by atoms with E-state index >= 15 is 0 Å². The molecule has 1 aliphatic rings. The minimum absolute atomic E-state index is 0.0484. The van der Waals surface area contributed by atoms with Gasteiger partial charge in [-0.25, -0.2) is 0 Å². The van der Waals surface area contributed by atoms with Gasteiger partial charge in [-0.1, -0.05) is 25.9 Å². The Morgan fingerprint density at radius 3 is 2.74 bits per heavy atom. The van der Waals surface area contributed by atoms with Crippen molar-refractivity contribution in [2.45, 2.75) is 70.7 Å². The summed E-state index contributed by atoms with van der Waals surface area (Å²) in [6.45, 7) is 12.6. The van der Waals surface area contributed by atoms with Gasteiger partial charge in [0, 0.05) is 28.0 Å². The van der Waals surface area contributed by atoms with Crippen LogP contribution in [0.15, 0.2) is 11.3 Å². The average molecular weight is 618 g/mol. The molecular formula is C21H32IN7O5Si. The molecule has 1 amide bonds. The lowest BCUT2D eigenvalue weighted by Gasteiger charge is -2.37. The van der Waals surface area contributed by atoms with Crippen molar-refractivity contribution >= 4 is 53.8 Å². The molecule has 3 atom stereocenters. The smallest absolute Gasteiger partial charge is 0.234 e. The third kappa shape index (κ3) is 6.24. The number of azide groups is 1. The summed E-state index contributed by atoms with van der Waals surface area (Å²) >= 11 is 2.20. The number of carbonyl (C=O) groups is 1. The third-order valence-electron chi connectivity index (χ3n) is 6.39. The molecule has 3 rings (SSSR count). The minimum atomic E-state index is -2.02. The van der Waals surface area contributed by atoms with Gasteiger partial charge in [0.1, 0.15) is 19.1 Å². The lowest BCUT2D eigenvalue weighted by atomic mass is 10.2. The van der Waals surface area contributed by atoms with Gasteiger partial charge in [-0.05, 0) is 46.3 Å². The Bertz CT molecular complexity index is 1130. The summed E-state index contributed by atoms with van der Waals surface area (Å²) in [5.74, 6) is 0.212. The number of hydrogen-bond acceptors (Lipinski definition) is 8. The highest BCUT2D eigenvalue weighted by atomic mass is 127. The van der Waals surface area contributed by atoms with Crippen molar-refractivity contribution in [2.75, 3.05) is 25.8 Å². The van der Waals surface area contributed by atoms with Crippen molar-refractivity contribution in [1.82, 2.24) is 14.5 Å². The quantitative estimate of drug-likeness (QED) is 0.138. The molecule has 3 heterocycles. The molecule has 0 aromatic carbocycles. The summed E-state index contributed by atoms with van der Waals surface area (Å²) in [7, 11) is -0.499. The van der Waals surface area contributed by atoms with Crippen molar-refractivity contribution < 1.29 is 23.4 Å². The van der Waals surface area contributed by atoms with Crippen LogP contribution in [0, 0.1) is 3.57 Å². The van der Waals surface area contributed by atoms with Crippen LogP contribution >= 0.6 is 22.6 Å². The van der Waals surface area contributed by atoms with E-state index in [1.165, 1.54) is 14.0 Å². The highest BCUT2D eigenvalue weighted by Gasteiger charge is 2.42. The molecule has 1 saturated heterocycles. The van der Waals surface area contributed by atoms with Crippen LogP contribution in [0.4, 0.5) is 5.95 Å². The number of anilines is 1. The van der Waals surface area contributed by atoms with Crippen molar-refractivity contribution in [1.29, 1.82) is 0 Å². The Balaban J connectivity index is 1.94. The maximum Gasteiger partial charge on any atom is 0.234 e. The first kappa shape index (κ1) is 27.6. The van der Waals surface area contributed by atoms with E-state index in [1.54, 1.807) is 0 Å². The predicted octanol–water partition coefficient (Wildman–Crippen LogP) is 4.97. The fourth-order valence-corrected chi connectivity index (χ4v) is 5.30. The van der Waals surface area contributed by atoms with E-state index in [4.69, 9.17) is 24.2 Å². The zero-order valence-electron chi connectivity index (χ0n) is 21.0. The van der Waals surface area contributed by atoms with E-state index in [1.807, 2.05) is 10.8 Å². The van der Waals surface area contributed by atoms with Gasteiger partial charge in [-0.15, -0.1) is 0 Å². The summed E-state index contributed by atoms with van der Waals surface area (Å²) in [5.41, 5.74) is 9.23. The zero-order chi connectivity index (χ0) is 26.0. The van der Waals surface area contributed by atoms with Crippen LogP contribution in [-0.2, 0) is 18.7 Å². The molecule has 0 radical (unpaired) electrons. The highest BCUT2D eigenvalue weighted by Crippen LogP contribution is 2.40. The first-order valence-electron chi connectivity index (χ1n) is 11.2. The molecule has 0 unspecified atom stereocenters. The van der Waals surface area contributed by atoms with Crippen molar-refractivity contribution in [3.63, 3.8) is 0 Å². The van der Waals surface area contributed by atoms with E-state index in [-0.39, 0.29) is 35.8 Å². The summed E-state index contributed by atoms with van der Waals surface area (Å²) in [4.78, 5) is 23.2. The number of nitrogens with zero attached hydrogens (tertiary/aromatic N) is 6. The van der Waals surface area contributed by atoms with Crippen LogP contribution in [0.2, 0.25) is 18.1 Å². The fourth-order valence-electron chi connectivity index (χ4n) is 3.51. The maximum absolute atomic E-state index is 11.6. The molecule has 1 fully saturated rings. The Hall–Kier alpha value is -1.97. The first-order valence-corrected chi connectivity index (χ1v) is 15.2. The van der Waals surface area contributed by atoms with Crippen LogP contribution < -0.4 is 10.1 Å². The Kier molecular flexibility index (Phi) is 8.65. The van der Waals surface area contributed by atoms with E-state index < -0.39 is 14.5 Å². The lowest BCUT2D eigenvalue weighted by molar-refractivity contribution is -0.114. The van der Waals surface area contributed by atoms with E-state index in [9.17, 15) is 4.79 Å². The number of rotatable bonds is 9. The zero-order valence-corrected chi connectivity index (χ0v) is 24.2. The molecule has 0 aliphatic carbocycles. The number of hydrogen-bond donors (Lipinski definition) is 1. The molecule has 1 N–H and O–H groups in total. The van der Waals surface area contributed by atoms with E-state index in [0.29, 0.717) is 24.6 Å². The maximum atomic E-state index is 11.6. The second-order valence-corrected chi connectivity index (χ2v) is 15.8. The number of amides is 1. The minimum Gasteiger partial charge on any atom is -0.480 e. The molecule has 192 valence electrons. The van der Waals surface area contributed by atoms with Gasteiger partial charge in [0.25, 0.3) is 0 Å². The van der Waals surface area contributed by atoms with Crippen LogP contribution in [0.25, 0.3) is 21.5 Å². The molecule has 12 nitrogen and oxygen atoms in total. The average Bonchev–Trinajstić information content (AvgIpc) is 3.31. The highest BCUT2D eigenvalue weighted by molar-refractivity contribution is 14.1. The van der Waals surface area contributed by atoms with Crippen LogP contribution in [-0.4, -0.2) is 61.4 Å². The SMILES string of the molecule is COc1nc(NC(C)=O)nc2c1c(I)cn2[C@@H]1C[C@H](OCN=[N+]=[N-])[C@H](CO[Si](C)(C)C(C)(C)C)O1. The fraction of sp³-hybridized carbons (Fsp3) is 0.667. The van der Waals surface area contributed by atoms with E-state index in [2.05, 4.69) is 81.8 Å². The van der Waals surface area contributed by atoms with Gasteiger partial charge in [-0.3, -0.25) is 10.1 Å². The van der Waals surface area contributed by atoms with Gasteiger partial charge < -0.3 is 23.2 Å². The molecule has 0 spiro atoms. The molecule has 0 bridgehead atoms. The van der Waals surface area contributed by atoms with Crippen LogP contribution in [0.3, 0.4) is 0 Å². The van der Waals surface area contributed by atoms with Crippen LogP contribution in [0.1, 0.15) is 40.3 Å². The number of ether oxygens (including phenoxy) is 3. The molecule has 14 heteroatoms. The summed E-state index contributed by atoms with van der Waals surface area (Å²) in [6, 6.07) is 0. The summed E-state index contributed by atoms with van der Waals surface area (Å²) in [5, 5.41) is 6.90. The standard InChI is InChI=1S/C21H32IN7O5Si/c1-12(30)25-20-26-18-17(19(27-20)31-5)13(22)9-29(18)16-8-14(32-11-24-28-23)15(34-16)10-33-35(6,7)21(2,3)4/h9,14-16H,8,10-11H2,1-7H3,(H,25,26,27,30)/t14-,15-,16-/m0/s1. The van der Waals surface area contributed by atoms with E-state index in [0.717, 1.165) is 8.96 Å². The third-order valence-corrected chi connectivity index (χ3v) is 11.7. The van der Waals surface area contributed by atoms with Gasteiger partial charge in [0.15, 0.2) is 14.0 Å². The van der Waals surface area contributed by atoms with Crippen LogP contribution in [0.5, 0.6) is 5.88 Å².